The largest absolute Gasteiger partial charge is 0.382 e. The Balaban J connectivity index is 1.38. The molecule has 2 aliphatic rings. The van der Waals surface area contributed by atoms with Gasteiger partial charge < -0.3 is 19.5 Å². The lowest BCUT2D eigenvalue weighted by molar-refractivity contribution is 0.0541. The van der Waals surface area contributed by atoms with E-state index in [2.05, 4.69) is 15.2 Å². The molecule has 1 saturated carbocycles. The van der Waals surface area contributed by atoms with E-state index in [9.17, 15) is 14.0 Å². The Bertz CT molecular complexity index is 1180. The summed E-state index contributed by atoms with van der Waals surface area (Å²) in [6.07, 6.45) is 2.39. The van der Waals surface area contributed by atoms with E-state index in [1.807, 2.05) is 0 Å². The van der Waals surface area contributed by atoms with Crippen LogP contribution < -0.4 is 0 Å². The maximum Gasteiger partial charge on any atom is 0.274 e. The van der Waals surface area contributed by atoms with Crippen LogP contribution in [0, 0.1) is 5.82 Å². The first kappa shape index (κ1) is 19.7. The number of aromatic nitrogens is 3. The summed E-state index contributed by atoms with van der Waals surface area (Å²) in [6, 6.07) is 6.11. The summed E-state index contributed by atoms with van der Waals surface area (Å²) in [4.78, 5) is 32.7. The Morgan fingerprint density at radius 3 is 2.87 bits per heavy atom. The molecule has 9 heteroatoms. The highest BCUT2D eigenvalue weighted by Gasteiger charge is 2.49. The van der Waals surface area contributed by atoms with Gasteiger partial charge in [0.1, 0.15) is 11.5 Å². The van der Waals surface area contributed by atoms with Crippen molar-refractivity contribution < 1.29 is 18.7 Å². The number of aromatic amines is 2. The molecule has 8 nitrogen and oxygen atoms in total. The van der Waals surface area contributed by atoms with E-state index in [1.54, 1.807) is 36.1 Å². The van der Waals surface area contributed by atoms with E-state index in [0.717, 1.165) is 29.5 Å². The molecule has 1 aromatic carbocycles. The van der Waals surface area contributed by atoms with Crippen LogP contribution in [0.5, 0.6) is 0 Å². The molecule has 1 aliphatic heterocycles. The number of methoxy groups -OCH3 is 1. The summed E-state index contributed by atoms with van der Waals surface area (Å²) in [6.45, 7) is 1.29. The lowest BCUT2D eigenvalue weighted by atomic mass is 10.0. The highest BCUT2D eigenvalue weighted by atomic mass is 19.1. The summed E-state index contributed by atoms with van der Waals surface area (Å²) in [5.41, 5.74) is 2.71. The molecular weight excluding hydrogens is 401 g/mol. The van der Waals surface area contributed by atoms with Crippen molar-refractivity contribution >= 4 is 22.7 Å². The second-order valence-electron chi connectivity index (χ2n) is 8.44. The molecule has 2 aromatic heterocycles. The Labute approximate surface area is 178 Å². The van der Waals surface area contributed by atoms with Crippen LogP contribution in [-0.2, 0) is 17.7 Å². The molecule has 3 heterocycles. The molecule has 2 amide bonds. The van der Waals surface area contributed by atoms with Crippen molar-refractivity contribution in [3.63, 3.8) is 0 Å². The molecule has 162 valence electrons. The maximum atomic E-state index is 13.5. The quantitative estimate of drug-likeness (QED) is 0.657. The number of halogens is 1. The minimum Gasteiger partial charge on any atom is -0.382 e. The SMILES string of the molecule is COCC1(N(C)C(=O)c2n[nH]c3c2CN(C(=O)c2cc4ccc(F)cc4[nH]2)CC3)CC1. The topological polar surface area (TPSA) is 94.3 Å². The van der Waals surface area contributed by atoms with Crippen molar-refractivity contribution in [1.82, 2.24) is 25.0 Å². The predicted octanol–water partition coefficient (Wildman–Crippen LogP) is 2.48. The number of hydrogen-bond acceptors (Lipinski definition) is 4. The molecule has 1 fully saturated rings. The van der Waals surface area contributed by atoms with Crippen LogP contribution in [0.4, 0.5) is 4.39 Å². The Morgan fingerprint density at radius 1 is 1.32 bits per heavy atom. The highest BCUT2D eigenvalue weighted by Crippen LogP contribution is 2.42. The average molecular weight is 425 g/mol. The number of fused-ring (bicyclic) bond motifs is 2. The number of H-pyrrole nitrogens is 2. The van der Waals surface area contributed by atoms with Crippen LogP contribution in [0.2, 0.25) is 0 Å². The zero-order valence-electron chi connectivity index (χ0n) is 17.5. The van der Waals surface area contributed by atoms with Gasteiger partial charge in [0.05, 0.1) is 18.7 Å². The van der Waals surface area contributed by atoms with Crippen molar-refractivity contribution in [2.75, 3.05) is 27.3 Å². The molecule has 0 radical (unpaired) electrons. The first-order chi connectivity index (χ1) is 14.9. The summed E-state index contributed by atoms with van der Waals surface area (Å²) in [5, 5.41) is 8.04. The third-order valence-corrected chi connectivity index (χ3v) is 6.49. The molecule has 0 atom stereocenters. The first-order valence-corrected chi connectivity index (χ1v) is 10.3. The van der Waals surface area contributed by atoms with Gasteiger partial charge in [0.2, 0.25) is 0 Å². The standard InChI is InChI=1S/C22H24FN5O3/c1-27(22(6-7-22)12-31-2)21(30)19-15-11-28(8-5-16(15)25-26-19)20(29)18-9-13-3-4-14(23)10-17(13)24-18/h3-4,9-10,24H,5-8,11-12H2,1-2H3,(H,25,26). The van der Waals surface area contributed by atoms with Crippen LogP contribution >= 0.6 is 0 Å². The maximum absolute atomic E-state index is 13.5. The van der Waals surface area contributed by atoms with E-state index in [1.165, 1.54) is 12.1 Å². The fourth-order valence-electron chi connectivity index (χ4n) is 4.39. The van der Waals surface area contributed by atoms with Crippen LogP contribution in [0.3, 0.4) is 0 Å². The van der Waals surface area contributed by atoms with E-state index in [-0.39, 0.29) is 23.2 Å². The second-order valence-corrected chi connectivity index (χ2v) is 8.44. The molecular formula is C22H24FN5O3. The van der Waals surface area contributed by atoms with Crippen molar-refractivity contribution in [3.05, 3.63) is 52.7 Å². The van der Waals surface area contributed by atoms with Crippen LogP contribution in [0.15, 0.2) is 24.3 Å². The number of carbonyl (C=O) groups excluding carboxylic acids is 2. The van der Waals surface area contributed by atoms with Crippen LogP contribution in [0.1, 0.15) is 45.1 Å². The van der Waals surface area contributed by atoms with Crippen LogP contribution in [-0.4, -0.2) is 69.6 Å². The van der Waals surface area contributed by atoms with Gasteiger partial charge in [-0.15, -0.1) is 0 Å². The van der Waals surface area contributed by atoms with Crippen molar-refractivity contribution in [1.29, 1.82) is 0 Å². The van der Waals surface area contributed by atoms with E-state index < -0.39 is 0 Å². The van der Waals surface area contributed by atoms with Gasteiger partial charge in [-0.2, -0.15) is 5.10 Å². The zero-order chi connectivity index (χ0) is 21.8. The van der Waals surface area contributed by atoms with Gasteiger partial charge in [0, 0.05) is 49.3 Å². The predicted molar refractivity (Wildman–Crippen MR) is 111 cm³/mol. The molecule has 2 N–H and O–H groups in total. The fraction of sp³-hybridized carbons (Fsp3) is 0.409. The number of rotatable bonds is 5. The van der Waals surface area contributed by atoms with E-state index >= 15 is 0 Å². The summed E-state index contributed by atoms with van der Waals surface area (Å²) in [7, 11) is 3.42. The number of nitrogens with one attached hydrogen (secondary N) is 2. The molecule has 0 saturated heterocycles. The van der Waals surface area contributed by atoms with Gasteiger partial charge in [-0.3, -0.25) is 14.7 Å². The first-order valence-electron chi connectivity index (χ1n) is 10.3. The highest BCUT2D eigenvalue weighted by molar-refractivity contribution is 5.99. The number of hydrogen-bond donors (Lipinski definition) is 2. The molecule has 5 rings (SSSR count). The molecule has 31 heavy (non-hydrogen) atoms. The van der Waals surface area contributed by atoms with Gasteiger partial charge in [-0.1, -0.05) is 0 Å². The van der Waals surface area contributed by atoms with Gasteiger partial charge in [-0.25, -0.2) is 4.39 Å². The summed E-state index contributed by atoms with van der Waals surface area (Å²) < 4.78 is 18.8. The Hall–Kier alpha value is -3.20. The summed E-state index contributed by atoms with van der Waals surface area (Å²) in [5.74, 6) is -0.709. The molecule has 1 aliphatic carbocycles. The number of amides is 2. The van der Waals surface area contributed by atoms with Gasteiger partial charge in [0.25, 0.3) is 11.8 Å². The number of carbonyl (C=O) groups is 2. The third kappa shape index (κ3) is 3.29. The number of nitrogens with zero attached hydrogens (tertiary/aromatic N) is 3. The number of benzene rings is 1. The Kier molecular flexibility index (Phi) is 4.58. The van der Waals surface area contributed by atoms with Crippen molar-refractivity contribution in [2.45, 2.75) is 31.3 Å². The number of ether oxygens (including phenoxy) is 1. The smallest absolute Gasteiger partial charge is 0.274 e. The van der Waals surface area contributed by atoms with Gasteiger partial charge in [-0.05, 0) is 37.1 Å². The minimum atomic E-state index is -0.358. The zero-order valence-corrected chi connectivity index (χ0v) is 17.5. The molecule has 0 spiro atoms. The van der Waals surface area contributed by atoms with Gasteiger partial charge >= 0.3 is 0 Å². The van der Waals surface area contributed by atoms with E-state index in [0.29, 0.717) is 43.0 Å². The monoisotopic (exact) mass is 425 g/mol. The van der Waals surface area contributed by atoms with Crippen molar-refractivity contribution in [3.8, 4) is 0 Å². The van der Waals surface area contributed by atoms with E-state index in [4.69, 9.17) is 4.74 Å². The minimum absolute atomic E-state index is 0.164. The third-order valence-electron chi connectivity index (χ3n) is 6.49. The molecule has 0 bridgehead atoms. The van der Waals surface area contributed by atoms with Crippen molar-refractivity contribution in [2.24, 2.45) is 0 Å². The molecule has 0 unspecified atom stereocenters. The average Bonchev–Trinajstić information content (AvgIpc) is 3.24. The molecule has 3 aromatic rings. The van der Waals surface area contributed by atoms with Crippen LogP contribution in [0.25, 0.3) is 10.9 Å². The second kappa shape index (κ2) is 7.19. The fourth-order valence-corrected chi connectivity index (χ4v) is 4.39. The lowest BCUT2D eigenvalue weighted by Gasteiger charge is -2.29. The normalized spacial score (nSPS) is 16.9. The number of likely N-dealkylation sites (N-methyl/N-ethyl adjacent to an activating group) is 1. The summed E-state index contributed by atoms with van der Waals surface area (Å²) >= 11 is 0. The Morgan fingerprint density at radius 2 is 2.13 bits per heavy atom. The van der Waals surface area contributed by atoms with Gasteiger partial charge in [0.15, 0.2) is 5.69 Å². The lowest BCUT2D eigenvalue weighted by Crippen LogP contribution is -2.43.